The number of H-pyrrole nitrogens is 1. The highest BCUT2D eigenvalue weighted by Gasteiger charge is 2.14. The van der Waals surface area contributed by atoms with Crippen molar-refractivity contribution in [1.82, 2.24) is 25.1 Å². The average molecular weight is 422 g/mol. The number of pyridine rings is 1. The molecule has 0 unspecified atom stereocenters. The molecule has 2 aromatic carbocycles. The fourth-order valence-electron chi connectivity index (χ4n) is 3.29. The number of aromatic amines is 1. The Bertz CT molecular complexity index is 1410. The normalized spacial score (nSPS) is 10.8. The van der Waals surface area contributed by atoms with Gasteiger partial charge in [0.25, 0.3) is 5.91 Å². The van der Waals surface area contributed by atoms with Crippen molar-refractivity contribution in [2.24, 2.45) is 0 Å². The predicted molar refractivity (Wildman–Crippen MR) is 121 cm³/mol. The first-order chi connectivity index (χ1) is 15.7. The summed E-state index contributed by atoms with van der Waals surface area (Å²) in [5.41, 5.74) is 4.30. The highest BCUT2D eigenvalue weighted by atomic mass is 16.5. The molecule has 1 amide bonds. The first kappa shape index (κ1) is 19.4. The Balaban J connectivity index is 1.41. The molecule has 5 rings (SSSR count). The van der Waals surface area contributed by atoms with Crippen molar-refractivity contribution in [3.63, 3.8) is 0 Å². The maximum atomic E-state index is 12.9. The second-order valence-electron chi connectivity index (χ2n) is 7.16. The van der Waals surface area contributed by atoms with Crippen LogP contribution in [0, 0.1) is 6.92 Å². The predicted octanol–water partition coefficient (Wildman–Crippen LogP) is 4.77. The molecule has 2 N–H and O–H groups in total. The second-order valence-corrected chi connectivity index (χ2v) is 7.16. The van der Waals surface area contributed by atoms with Gasteiger partial charge in [0.1, 0.15) is 12.1 Å². The van der Waals surface area contributed by atoms with E-state index in [1.54, 1.807) is 36.8 Å². The number of amides is 1. The Hall–Kier alpha value is -4.59. The molecule has 0 radical (unpaired) electrons. The fraction of sp³-hybridized carbons (Fsp3) is 0.0417. The van der Waals surface area contributed by atoms with Crippen LogP contribution >= 0.6 is 0 Å². The van der Waals surface area contributed by atoms with Gasteiger partial charge in [-0.1, -0.05) is 6.07 Å². The summed E-state index contributed by atoms with van der Waals surface area (Å²) < 4.78 is 6.12. The lowest BCUT2D eigenvalue weighted by Gasteiger charge is -2.13. The van der Waals surface area contributed by atoms with Gasteiger partial charge in [0.15, 0.2) is 0 Å². The standard InChI is InChI=1S/C24H18N6O2/c1-15-4-5-16(23(31)29-18-7-6-17-13-28-30-21(17)12-18)11-22(15)32-24-19(3-2-9-26-24)20-8-10-25-14-27-20/h2-14H,1H3,(H,28,30)(H,29,31). The number of aromatic nitrogens is 5. The van der Waals surface area contributed by atoms with Crippen LogP contribution in [-0.2, 0) is 0 Å². The number of ether oxygens (including phenoxy) is 1. The molecule has 0 aliphatic rings. The molecule has 0 bridgehead atoms. The molecule has 0 aliphatic carbocycles. The summed E-state index contributed by atoms with van der Waals surface area (Å²) in [7, 11) is 0. The van der Waals surface area contributed by atoms with Gasteiger partial charge >= 0.3 is 0 Å². The van der Waals surface area contributed by atoms with E-state index < -0.39 is 0 Å². The van der Waals surface area contributed by atoms with Crippen molar-refractivity contribution < 1.29 is 9.53 Å². The molecule has 5 aromatic rings. The van der Waals surface area contributed by atoms with Crippen LogP contribution in [0.15, 0.2) is 79.5 Å². The Kier molecular flexibility index (Phi) is 5.01. The van der Waals surface area contributed by atoms with E-state index in [2.05, 4.69) is 30.5 Å². The lowest BCUT2D eigenvalue weighted by molar-refractivity contribution is 0.102. The van der Waals surface area contributed by atoms with Gasteiger partial charge in [-0.15, -0.1) is 0 Å². The maximum absolute atomic E-state index is 12.9. The topological polar surface area (TPSA) is 106 Å². The van der Waals surface area contributed by atoms with Crippen molar-refractivity contribution in [3.05, 3.63) is 90.6 Å². The molecular weight excluding hydrogens is 404 g/mol. The van der Waals surface area contributed by atoms with E-state index >= 15 is 0 Å². The Morgan fingerprint density at radius 2 is 1.97 bits per heavy atom. The number of nitrogens with one attached hydrogen (secondary N) is 2. The van der Waals surface area contributed by atoms with Crippen LogP contribution in [0.2, 0.25) is 0 Å². The number of fused-ring (bicyclic) bond motifs is 1. The van der Waals surface area contributed by atoms with Crippen LogP contribution in [0.4, 0.5) is 5.69 Å². The van der Waals surface area contributed by atoms with Gasteiger partial charge in [-0.3, -0.25) is 9.89 Å². The Labute approximate surface area is 183 Å². The maximum Gasteiger partial charge on any atom is 0.255 e. The largest absolute Gasteiger partial charge is 0.438 e. The van der Waals surface area contributed by atoms with Gasteiger partial charge in [0, 0.05) is 29.0 Å². The highest BCUT2D eigenvalue weighted by Crippen LogP contribution is 2.32. The van der Waals surface area contributed by atoms with Crippen LogP contribution < -0.4 is 10.1 Å². The third-order valence-electron chi connectivity index (χ3n) is 4.99. The molecule has 0 saturated heterocycles. The van der Waals surface area contributed by atoms with E-state index in [1.807, 2.05) is 43.3 Å². The van der Waals surface area contributed by atoms with Gasteiger partial charge in [-0.25, -0.2) is 15.0 Å². The lowest BCUT2D eigenvalue weighted by Crippen LogP contribution is -2.12. The van der Waals surface area contributed by atoms with Gasteiger partial charge in [-0.2, -0.15) is 5.10 Å². The number of carbonyl (C=O) groups is 1. The summed E-state index contributed by atoms with van der Waals surface area (Å²) in [6.07, 6.45) is 6.52. The Morgan fingerprint density at radius 3 is 2.84 bits per heavy atom. The van der Waals surface area contributed by atoms with Gasteiger partial charge in [0.2, 0.25) is 5.88 Å². The number of hydrogen-bond acceptors (Lipinski definition) is 6. The molecule has 0 spiro atoms. The summed E-state index contributed by atoms with van der Waals surface area (Å²) in [5, 5.41) is 10.8. The van der Waals surface area contributed by atoms with E-state index in [0.717, 1.165) is 22.0 Å². The van der Waals surface area contributed by atoms with Crippen molar-refractivity contribution in [1.29, 1.82) is 0 Å². The third-order valence-corrected chi connectivity index (χ3v) is 4.99. The smallest absolute Gasteiger partial charge is 0.255 e. The number of anilines is 1. The summed E-state index contributed by atoms with van der Waals surface area (Å²) in [5.74, 6) is 0.693. The molecule has 156 valence electrons. The van der Waals surface area contributed by atoms with Crippen LogP contribution in [0.25, 0.3) is 22.2 Å². The summed E-state index contributed by atoms with van der Waals surface area (Å²) in [6.45, 7) is 1.91. The lowest BCUT2D eigenvalue weighted by atomic mass is 10.1. The fourth-order valence-corrected chi connectivity index (χ4v) is 3.29. The zero-order chi connectivity index (χ0) is 21.9. The first-order valence-electron chi connectivity index (χ1n) is 9.92. The summed E-state index contributed by atoms with van der Waals surface area (Å²) >= 11 is 0. The minimum absolute atomic E-state index is 0.245. The van der Waals surface area contributed by atoms with E-state index in [4.69, 9.17) is 4.74 Å². The number of aryl methyl sites for hydroxylation is 1. The monoisotopic (exact) mass is 422 g/mol. The van der Waals surface area contributed by atoms with Gasteiger partial charge in [0.05, 0.1) is 23.0 Å². The Morgan fingerprint density at radius 1 is 1.03 bits per heavy atom. The zero-order valence-corrected chi connectivity index (χ0v) is 17.1. The number of rotatable bonds is 5. The molecule has 3 heterocycles. The van der Waals surface area contributed by atoms with Crippen LogP contribution in [0.3, 0.4) is 0 Å². The average Bonchev–Trinajstić information content (AvgIpc) is 3.29. The van der Waals surface area contributed by atoms with Crippen molar-refractivity contribution in [2.45, 2.75) is 6.92 Å². The summed E-state index contributed by atoms with van der Waals surface area (Å²) in [4.78, 5) is 25.5. The summed E-state index contributed by atoms with van der Waals surface area (Å²) in [6, 6.07) is 16.4. The molecule has 0 atom stereocenters. The van der Waals surface area contributed by atoms with Crippen LogP contribution in [-0.4, -0.2) is 31.1 Å². The van der Waals surface area contributed by atoms with Crippen LogP contribution in [0.1, 0.15) is 15.9 Å². The van der Waals surface area contributed by atoms with Gasteiger partial charge in [-0.05, 0) is 61.0 Å². The van der Waals surface area contributed by atoms with E-state index in [1.165, 1.54) is 6.33 Å². The SMILES string of the molecule is Cc1ccc(C(=O)Nc2ccc3cn[nH]c3c2)cc1Oc1ncccc1-c1ccncn1. The quantitative estimate of drug-likeness (QED) is 0.423. The number of nitrogens with zero attached hydrogens (tertiary/aromatic N) is 4. The van der Waals surface area contributed by atoms with Gasteiger partial charge < -0.3 is 10.1 Å². The molecule has 0 saturated carbocycles. The minimum Gasteiger partial charge on any atom is -0.438 e. The highest BCUT2D eigenvalue weighted by molar-refractivity contribution is 6.05. The number of carbonyl (C=O) groups excluding carboxylic acids is 1. The van der Waals surface area contributed by atoms with Crippen LogP contribution in [0.5, 0.6) is 11.6 Å². The second kappa shape index (κ2) is 8.27. The van der Waals surface area contributed by atoms with E-state index in [0.29, 0.717) is 28.6 Å². The molecular formula is C24H18N6O2. The molecule has 3 aromatic heterocycles. The third kappa shape index (κ3) is 3.89. The first-order valence-corrected chi connectivity index (χ1v) is 9.92. The van der Waals surface area contributed by atoms with Crippen molar-refractivity contribution in [2.75, 3.05) is 5.32 Å². The molecule has 8 heteroatoms. The zero-order valence-electron chi connectivity index (χ0n) is 17.1. The van der Waals surface area contributed by atoms with E-state index in [9.17, 15) is 4.79 Å². The molecule has 32 heavy (non-hydrogen) atoms. The number of benzene rings is 2. The van der Waals surface area contributed by atoms with Crippen molar-refractivity contribution >= 4 is 22.5 Å². The minimum atomic E-state index is -0.245. The molecule has 8 nitrogen and oxygen atoms in total. The molecule has 0 aliphatic heterocycles. The van der Waals surface area contributed by atoms with E-state index in [-0.39, 0.29) is 5.91 Å². The molecule has 0 fully saturated rings. The number of hydrogen-bond donors (Lipinski definition) is 2. The van der Waals surface area contributed by atoms with Crippen molar-refractivity contribution in [3.8, 4) is 22.9 Å².